The van der Waals surface area contributed by atoms with Crippen LogP contribution in [0.1, 0.15) is 1.43 Å². The standard InChI is InChI=1S/K.H3N.H4O8P2.H2O8S2.H/c;;2*1-7-10(5,6)8-9(2,3)4;/h;1H3;1H,(H,5,6)(H2,2,3,4);1H,(H,2,3,4);/q+1;;;;-1. The molecular weight excluding hydrogens is 435 g/mol. The summed E-state index contributed by atoms with van der Waals surface area (Å²) in [5.74, 6) is 0. The molecule has 0 rings (SSSR count). The van der Waals surface area contributed by atoms with Gasteiger partial charge in [0.1, 0.15) is 0 Å². The van der Waals surface area contributed by atoms with E-state index in [1.54, 1.807) is 0 Å². The second-order valence-corrected chi connectivity index (χ2v) is 7.20. The van der Waals surface area contributed by atoms with Gasteiger partial charge in [0.05, 0.1) is 0 Å². The smallest absolute Gasteiger partial charge is 1.00 e. The van der Waals surface area contributed by atoms with Crippen LogP contribution in [0.25, 0.3) is 0 Å². The van der Waals surface area contributed by atoms with Crippen LogP contribution >= 0.6 is 15.6 Å². The Morgan fingerprint density at radius 3 is 1.41 bits per heavy atom. The zero-order valence-electron chi connectivity index (χ0n) is 11.2. The Morgan fingerprint density at radius 2 is 1.32 bits per heavy atom. The van der Waals surface area contributed by atoms with Crippen molar-refractivity contribution in [3.05, 3.63) is 0 Å². The Bertz CT molecular complexity index is 588. The molecule has 22 heavy (non-hydrogen) atoms. The average molecular weight is 445 g/mol. The molecule has 134 valence electrons. The molecular formula is H10KNO16P2S2. The minimum absolute atomic E-state index is 0. The van der Waals surface area contributed by atoms with Gasteiger partial charge in [-0.15, -0.1) is 4.67 Å². The first-order valence-corrected chi connectivity index (χ1v) is 8.95. The van der Waals surface area contributed by atoms with Crippen molar-refractivity contribution in [3.63, 3.8) is 0 Å². The Balaban J connectivity index is -0.0000000831. The summed E-state index contributed by atoms with van der Waals surface area (Å²) in [6.07, 6.45) is 0. The first-order valence-electron chi connectivity index (χ1n) is 3.23. The summed E-state index contributed by atoms with van der Waals surface area (Å²) in [4.78, 5) is 23.7. The molecule has 0 aliphatic rings. The first-order chi connectivity index (χ1) is 8.54. The minimum Gasteiger partial charge on any atom is -1.00 e. The van der Waals surface area contributed by atoms with Crippen molar-refractivity contribution >= 4 is 36.4 Å². The SMILES string of the molecule is N.O=P(O)(O)OP(=O)(O)OO.O=S(=O)(O)OS(=O)(=O)OO.[H-].[K+]. The van der Waals surface area contributed by atoms with E-state index in [4.69, 9.17) is 29.7 Å². The normalized spacial score (nSPS) is 14.5. The van der Waals surface area contributed by atoms with E-state index < -0.39 is 36.4 Å². The van der Waals surface area contributed by atoms with Gasteiger partial charge < -0.3 is 22.3 Å². The number of rotatable bonds is 6. The molecule has 0 aromatic heterocycles. The van der Waals surface area contributed by atoms with Crippen LogP contribution < -0.4 is 57.5 Å². The molecule has 0 fully saturated rings. The Labute approximate surface area is 166 Å². The molecule has 0 aromatic rings. The summed E-state index contributed by atoms with van der Waals surface area (Å²) >= 11 is 0. The molecule has 9 N–H and O–H groups in total. The van der Waals surface area contributed by atoms with Crippen LogP contribution in [0.4, 0.5) is 0 Å². The van der Waals surface area contributed by atoms with Gasteiger partial charge in [0, 0.05) is 0 Å². The Kier molecular flexibility index (Phi) is 17.1. The number of hydrogen-bond acceptors (Lipinski definition) is 13. The molecule has 0 saturated carbocycles. The summed E-state index contributed by atoms with van der Waals surface area (Å²) in [6.45, 7) is 0. The molecule has 0 saturated heterocycles. The van der Waals surface area contributed by atoms with Gasteiger partial charge in [-0.3, -0.25) is 4.55 Å². The van der Waals surface area contributed by atoms with Crippen LogP contribution in [0.15, 0.2) is 0 Å². The molecule has 1 unspecified atom stereocenters. The van der Waals surface area contributed by atoms with E-state index in [0.29, 0.717) is 0 Å². The molecule has 0 radical (unpaired) electrons. The van der Waals surface area contributed by atoms with Gasteiger partial charge in [0.2, 0.25) is 0 Å². The van der Waals surface area contributed by atoms with Crippen LogP contribution in [0.2, 0.25) is 0 Å². The molecule has 0 bridgehead atoms. The second-order valence-electron chi connectivity index (χ2n) is 2.10. The van der Waals surface area contributed by atoms with Gasteiger partial charge in [-0.1, -0.05) is 7.96 Å². The predicted octanol–water partition coefficient (Wildman–Crippen LogP) is -4.50. The van der Waals surface area contributed by atoms with Gasteiger partial charge >= 0.3 is 87.8 Å². The summed E-state index contributed by atoms with van der Waals surface area (Å²) < 4.78 is 77.2. The van der Waals surface area contributed by atoms with Gasteiger partial charge in [-0.25, -0.2) is 19.6 Å². The molecule has 22 heteroatoms. The predicted molar refractivity (Wildman–Crippen MR) is 58.1 cm³/mol. The Morgan fingerprint density at radius 1 is 0.955 bits per heavy atom. The zero-order chi connectivity index (χ0) is 16.8. The molecule has 0 aromatic carbocycles. The average Bonchev–Trinajstić information content (AvgIpc) is 2.11. The third-order valence-corrected chi connectivity index (χ3v) is 3.99. The van der Waals surface area contributed by atoms with Gasteiger partial charge in [-0.2, -0.15) is 21.1 Å². The first kappa shape index (κ1) is 31.3. The van der Waals surface area contributed by atoms with Gasteiger partial charge in [0.25, 0.3) is 0 Å². The van der Waals surface area contributed by atoms with Gasteiger partial charge in [-0.05, 0) is 0 Å². The summed E-state index contributed by atoms with van der Waals surface area (Å²) in [5.41, 5.74) is 0. The Hall–Kier alpha value is 1.56. The van der Waals surface area contributed by atoms with Crippen molar-refractivity contribution in [2.45, 2.75) is 0 Å². The van der Waals surface area contributed by atoms with E-state index in [9.17, 15) is 26.0 Å². The van der Waals surface area contributed by atoms with Crippen molar-refractivity contribution in [3.8, 4) is 0 Å². The molecule has 1 atom stereocenters. The van der Waals surface area contributed by atoms with E-state index in [0.717, 1.165) is 0 Å². The van der Waals surface area contributed by atoms with E-state index in [1.807, 2.05) is 0 Å². The summed E-state index contributed by atoms with van der Waals surface area (Å²) in [6, 6.07) is 0. The largest absolute Gasteiger partial charge is 1.00 e. The minimum atomic E-state index is -5.17. The number of phosphoric acid groups is 2. The monoisotopic (exact) mass is 445 g/mol. The van der Waals surface area contributed by atoms with Crippen molar-refractivity contribution in [2.24, 2.45) is 0 Å². The second kappa shape index (κ2) is 12.0. The zero-order valence-corrected chi connectivity index (χ0v) is 16.7. The molecule has 17 nitrogen and oxygen atoms in total. The van der Waals surface area contributed by atoms with E-state index >= 15 is 0 Å². The van der Waals surface area contributed by atoms with Crippen LogP contribution in [0.5, 0.6) is 0 Å². The van der Waals surface area contributed by atoms with E-state index in [-0.39, 0.29) is 59.0 Å². The van der Waals surface area contributed by atoms with E-state index in [1.165, 1.54) is 0 Å². The molecule has 0 amide bonds. The summed E-state index contributed by atoms with van der Waals surface area (Å²) in [5, 5.41) is 14.8. The van der Waals surface area contributed by atoms with Crippen molar-refractivity contribution in [1.82, 2.24) is 6.15 Å². The summed E-state index contributed by atoms with van der Waals surface area (Å²) in [7, 11) is -20.3. The fraction of sp³-hybridized carbons (Fsp3) is 0. The fourth-order valence-corrected chi connectivity index (χ4v) is 2.40. The van der Waals surface area contributed by atoms with Crippen LogP contribution in [-0.4, -0.2) is 46.6 Å². The molecule has 0 aliphatic heterocycles. The topological polar surface area (TPSA) is 296 Å². The molecule has 0 heterocycles. The third kappa shape index (κ3) is 23.8. The van der Waals surface area contributed by atoms with Gasteiger partial charge in [0.15, 0.2) is 0 Å². The van der Waals surface area contributed by atoms with Crippen molar-refractivity contribution in [1.29, 1.82) is 0 Å². The maximum Gasteiger partial charge on any atom is 1.00 e. The van der Waals surface area contributed by atoms with Crippen molar-refractivity contribution < 1.29 is 125 Å². The third-order valence-electron chi connectivity index (χ3n) is 0.573. The fourth-order valence-electron chi connectivity index (χ4n) is 0.267. The number of hydrogen-bond donors (Lipinski definition) is 7. The molecule has 0 aliphatic carbocycles. The van der Waals surface area contributed by atoms with Crippen LogP contribution in [0, 0.1) is 0 Å². The molecule has 0 spiro atoms. The van der Waals surface area contributed by atoms with E-state index in [2.05, 4.69) is 16.9 Å². The maximum atomic E-state index is 9.97. The van der Waals surface area contributed by atoms with Crippen molar-refractivity contribution in [2.75, 3.05) is 0 Å². The maximum absolute atomic E-state index is 9.97. The quantitative estimate of drug-likeness (QED) is 0.0666. The van der Waals surface area contributed by atoms with Crippen LogP contribution in [0.3, 0.4) is 0 Å². The van der Waals surface area contributed by atoms with Crippen LogP contribution in [-0.2, 0) is 46.9 Å².